The maximum absolute atomic E-state index is 8.74. The number of benzene rings is 1. The number of hydrogen-bond donors (Lipinski definition) is 1. The van der Waals surface area contributed by atoms with Crippen molar-refractivity contribution in [2.75, 3.05) is 6.61 Å². The first kappa shape index (κ1) is 11.0. The van der Waals surface area contributed by atoms with Gasteiger partial charge in [0.2, 0.25) is 11.7 Å². The lowest BCUT2D eigenvalue weighted by Gasteiger charge is -1.87. The summed E-state index contributed by atoms with van der Waals surface area (Å²) in [4.78, 5) is 4.23. The first-order chi connectivity index (χ1) is 8.86. The first-order valence-corrected chi connectivity index (χ1v) is 5.79. The Hall–Kier alpha value is -2.14. The third-order valence-electron chi connectivity index (χ3n) is 2.66. The summed E-state index contributed by atoms with van der Waals surface area (Å²) in [6.45, 7) is 0.113. The molecule has 0 atom stereocenters. The predicted octanol–water partition coefficient (Wildman–Crippen LogP) is 2.41. The van der Waals surface area contributed by atoms with Crippen molar-refractivity contribution in [3.05, 3.63) is 36.2 Å². The van der Waals surface area contributed by atoms with Gasteiger partial charge in [0.25, 0.3) is 0 Å². The van der Waals surface area contributed by atoms with Crippen LogP contribution in [0.4, 0.5) is 0 Å². The van der Waals surface area contributed by atoms with Crippen LogP contribution >= 0.6 is 0 Å². The van der Waals surface area contributed by atoms with E-state index in [-0.39, 0.29) is 6.61 Å². The molecule has 2 aromatic heterocycles. The molecule has 0 aliphatic carbocycles. The van der Waals surface area contributed by atoms with E-state index in [4.69, 9.17) is 14.0 Å². The number of aliphatic hydroxyl groups is 1. The fourth-order valence-electron chi connectivity index (χ4n) is 1.78. The summed E-state index contributed by atoms with van der Waals surface area (Å²) in [5, 5.41) is 13.6. The molecule has 2 heterocycles. The van der Waals surface area contributed by atoms with E-state index in [0.29, 0.717) is 30.3 Å². The van der Waals surface area contributed by atoms with Gasteiger partial charge in [0.15, 0.2) is 5.76 Å². The fourth-order valence-corrected chi connectivity index (χ4v) is 1.78. The number of nitrogens with zero attached hydrogens (tertiary/aromatic N) is 2. The molecule has 0 radical (unpaired) electrons. The molecule has 0 saturated heterocycles. The molecule has 0 aliphatic rings. The van der Waals surface area contributed by atoms with Crippen molar-refractivity contribution in [1.29, 1.82) is 0 Å². The average molecular weight is 244 g/mol. The van der Waals surface area contributed by atoms with E-state index in [1.54, 1.807) is 0 Å². The van der Waals surface area contributed by atoms with Crippen LogP contribution in [0.3, 0.4) is 0 Å². The minimum Gasteiger partial charge on any atom is -0.453 e. The van der Waals surface area contributed by atoms with Crippen LogP contribution < -0.4 is 0 Å². The minimum atomic E-state index is 0.113. The summed E-state index contributed by atoms with van der Waals surface area (Å²) in [6, 6.07) is 9.61. The summed E-state index contributed by atoms with van der Waals surface area (Å²) in [6.07, 6.45) is 1.19. The third kappa shape index (κ3) is 2.00. The van der Waals surface area contributed by atoms with E-state index >= 15 is 0 Å². The number of rotatable bonds is 4. The van der Waals surface area contributed by atoms with Crippen molar-refractivity contribution in [1.82, 2.24) is 10.1 Å². The van der Waals surface area contributed by atoms with Gasteiger partial charge in [-0.2, -0.15) is 4.98 Å². The van der Waals surface area contributed by atoms with E-state index < -0.39 is 0 Å². The zero-order valence-electron chi connectivity index (χ0n) is 9.67. The van der Waals surface area contributed by atoms with Crippen molar-refractivity contribution in [2.45, 2.75) is 12.8 Å². The van der Waals surface area contributed by atoms with E-state index in [1.165, 1.54) is 0 Å². The van der Waals surface area contributed by atoms with Crippen molar-refractivity contribution in [2.24, 2.45) is 0 Å². The number of aliphatic hydroxyl groups excluding tert-OH is 1. The second-order valence-corrected chi connectivity index (χ2v) is 3.99. The Bertz CT molecular complexity index is 624. The van der Waals surface area contributed by atoms with Crippen LogP contribution in [0.15, 0.2) is 39.3 Å². The summed E-state index contributed by atoms with van der Waals surface area (Å²) >= 11 is 0. The molecule has 3 rings (SSSR count). The number of hydrogen-bond acceptors (Lipinski definition) is 5. The van der Waals surface area contributed by atoms with Gasteiger partial charge in [-0.05, 0) is 18.6 Å². The van der Waals surface area contributed by atoms with Gasteiger partial charge in [-0.25, -0.2) is 0 Å². The van der Waals surface area contributed by atoms with Crippen LogP contribution in [0.5, 0.6) is 0 Å². The van der Waals surface area contributed by atoms with Crippen LogP contribution in [0.25, 0.3) is 22.6 Å². The van der Waals surface area contributed by atoms with Crippen LogP contribution in [-0.4, -0.2) is 21.9 Å². The molecule has 0 spiro atoms. The van der Waals surface area contributed by atoms with Crippen molar-refractivity contribution in [3.63, 3.8) is 0 Å². The highest BCUT2D eigenvalue weighted by atomic mass is 16.5. The molecular formula is C13H12N2O3. The molecule has 0 amide bonds. The van der Waals surface area contributed by atoms with Crippen molar-refractivity contribution in [3.8, 4) is 11.6 Å². The first-order valence-electron chi connectivity index (χ1n) is 5.79. The lowest BCUT2D eigenvalue weighted by molar-refractivity contribution is 0.278. The monoisotopic (exact) mass is 244 g/mol. The second-order valence-electron chi connectivity index (χ2n) is 3.99. The van der Waals surface area contributed by atoms with Gasteiger partial charge in [-0.15, -0.1) is 0 Å². The Morgan fingerprint density at radius 3 is 2.94 bits per heavy atom. The smallest absolute Gasteiger partial charge is 0.238 e. The molecule has 18 heavy (non-hydrogen) atoms. The second kappa shape index (κ2) is 4.62. The molecule has 0 aliphatic heterocycles. The SMILES string of the molecule is OCCCc1nc(-c2cc3ccccc3o2)no1. The van der Waals surface area contributed by atoms with E-state index in [0.717, 1.165) is 11.0 Å². The van der Waals surface area contributed by atoms with Crippen LogP contribution in [0.1, 0.15) is 12.3 Å². The molecule has 0 bridgehead atoms. The van der Waals surface area contributed by atoms with Gasteiger partial charge < -0.3 is 14.0 Å². The van der Waals surface area contributed by atoms with Gasteiger partial charge in [-0.1, -0.05) is 23.4 Å². The Kier molecular flexibility index (Phi) is 2.82. The molecule has 5 heteroatoms. The van der Waals surface area contributed by atoms with Gasteiger partial charge >= 0.3 is 0 Å². The average Bonchev–Trinajstić information content (AvgIpc) is 3.02. The highest BCUT2D eigenvalue weighted by Gasteiger charge is 2.12. The maximum atomic E-state index is 8.74. The van der Waals surface area contributed by atoms with Gasteiger partial charge in [0, 0.05) is 18.4 Å². The Labute approximate surface area is 103 Å². The normalized spacial score (nSPS) is 11.2. The van der Waals surface area contributed by atoms with E-state index in [2.05, 4.69) is 10.1 Å². The zero-order valence-corrected chi connectivity index (χ0v) is 9.67. The van der Waals surface area contributed by atoms with Gasteiger partial charge in [-0.3, -0.25) is 0 Å². The van der Waals surface area contributed by atoms with E-state index in [9.17, 15) is 0 Å². The molecule has 1 aromatic carbocycles. The molecule has 92 valence electrons. The lowest BCUT2D eigenvalue weighted by Crippen LogP contribution is -1.89. The number of aryl methyl sites for hydroxylation is 1. The molecule has 5 nitrogen and oxygen atoms in total. The highest BCUT2D eigenvalue weighted by Crippen LogP contribution is 2.25. The summed E-state index contributed by atoms with van der Waals surface area (Å²) in [7, 11) is 0. The predicted molar refractivity (Wildman–Crippen MR) is 64.9 cm³/mol. The van der Waals surface area contributed by atoms with Crippen LogP contribution in [0, 0.1) is 0 Å². The zero-order chi connectivity index (χ0) is 12.4. The lowest BCUT2D eigenvalue weighted by atomic mass is 10.2. The topological polar surface area (TPSA) is 72.3 Å². The van der Waals surface area contributed by atoms with Crippen LogP contribution in [0.2, 0.25) is 0 Å². The molecule has 0 saturated carbocycles. The largest absolute Gasteiger partial charge is 0.453 e. The quantitative estimate of drug-likeness (QED) is 0.763. The molecule has 3 aromatic rings. The van der Waals surface area contributed by atoms with Crippen LogP contribution in [-0.2, 0) is 6.42 Å². The molecule has 0 unspecified atom stereocenters. The third-order valence-corrected chi connectivity index (χ3v) is 2.66. The maximum Gasteiger partial charge on any atom is 0.238 e. The number of aromatic nitrogens is 2. The fraction of sp³-hybridized carbons (Fsp3) is 0.231. The summed E-state index contributed by atoms with van der Waals surface area (Å²) < 4.78 is 10.7. The van der Waals surface area contributed by atoms with Crippen molar-refractivity contribution >= 4 is 11.0 Å². The number of para-hydroxylation sites is 1. The van der Waals surface area contributed by atoms with Gasteiger partial charge in [0.1, 0.15) is 5.58 Å². The molecule has 1 N–H and O–H groups in total. The van der Waals surface area contributed by atoms with E-state index in [1.807, 2.05) is 30.3 Å². The molecule has 0 fully saturated rings. The highest BCUT2D eigenvalue weighted by molar-refractivity contribution is 5.81. The number of fused-ring (bicyclic) bond motifs is 1. The standard InChI is InChI=1S/C13H12N2O3/c16-7-3-6-12-14-13(15-18-12)11-8-9-4-1-2-5-10(9)17-11/h1-2,4-5,8,16H,3,6-7H2. The Balaban J connectivity index is 1.91. The minimum absolute atomic E-state index is 0.113. The Morgan fingerprint density at radius 1 is 1.22 bits per heavy atom. The number of furan rings is 1. The van der Waals surface area contributed by atoms with Gasteiger partial charge in [0.05, 0.1) is 0 Å². The summed E-state index contributed by atoms with van der Waals surface area (Å²) in [5.41, 5.74) is 0.800. The molecular weight excluding hydrogens is 232 g/mol. The summed E-state index contributed by atoms with van der Waals surface area (Å²) in [5.74, 6) is 1.55. The Morgan fingerprint density at radius 2 is 2.11 bits per heavy atom. The van der Waals surface area contributed by atoms with Crippen molar-refractivity contribution < 1.29 is 14.0 Å².